The first kappa shape index (κ1) is 14.8. The molecule has 0 amide bonds. The normalized spacial score (nSPS) is 10.7. The number of nitrogens with one attached hydrogen (secondary N) is 1. The minimum atomic E-state index is 0.215. The molecule has 23 heavy (non-hydrogen) atoms. The van der Waals surface area contributed by atoms with Crippen LogP contribution in [-0.2, 0) is 7.05 Å². The molecule has 0 saturated heterocycles. The quantitative estimate of drug-likeness (QED) is 0.754. The lowest BCUT2D eigenvalue weighted by Crippen LogP contribution is -2.03. The van der Waals surface area contributed by atoms with Gasteiger partial charge in [0.05, 0.1) is 17.6 Å². The number of aryl methyl sites for hydroxylation is 3. The lowest BCUT2D eigenvalue weighted by atomic mass is 9.92. The second-order valence-electron chi connectivity index (χ2n) is 5.54. The van der Waals surface area contributed by atoms with Crippen molar-refractivity contribution in [3.63, 3.8) is 0 Å². The van der Waals surface area contributed by atoms with Crippen molar-refractivity contribution >= 4 is 5.82 Å². The SMILES string of the molecule is Cc1n[nH]c(C)c1-c1c(C)c(-c2cnn(C)c2)nc(N)c1C#N. The summed E-state index contributed by atoms with van der Waals surface area (Å²) in [6.45, 7) is 5.77. The largest absolute Gasteiger partial charge is 0.383 e. The van der Waals surface area contributed by atoms with Crippen LogP contribution in [0.2, 0.25) is 0 Å². The van der Waals surface area contributed by atoms with Crippen molar-refractivity contribution in [1.29, 1.82) is 5.26 Å². The minimum Gasteiger partial charge on any atom is -0.383 e. The van der Waals surface area contributed by atoms with Crippen molar-refractivity contribution in [2.75, 3.05) is 5.73 Å². The van der Waals surface area contributed by atoms with Crippen LogP contribution in [0.4, 0.5) is 5.82 Å². The number of nitrogens with zero attached hydrogens (tertiary/aromatic N) is 5. The zero-order valence-corrected chi connectivity index (χ0v) is 13.5. The number of hydrogen-bond donors (Lipinski definition) is 2. The fraction of sp³-hybridized carbons (Fsp3) is 0.250. The predicted molar refractivity (Wildman–Crippen MR) is 87.4 cm³/mol. The Labute approximate surface area is 133 Å². The van der Waals surface area contributed by atoms with E-state index in [0.717, 1.165) is 39.3 Å². The highest BCUT2D eigenvalue weighted by Crippen LogP contribution is 2.37. The summed E-state index contributed by atoms with van der Waals surface area (Å²) in [4.78, 5) is 4.43. The first-order valence-electron chi connectivity index (χ1n) is 7.15. The molecule has 0 aliphatic carbocycles. The van der Waals surface area contributed by atoms with Gasteiger partial charge in [0.2, 0.25) is 0 Å². The van der Waals surface area contributed by atoms with Crippen LogP contribution in [0.15, 0.2) is 12.4 Å². The van der Waals surface area contributed by atoms with E-state index in [2.05, 4.69) is 26.3 Å². The van der Waals surface area contributed by atoms with Gasteiger partial charge < -0.3 is 5.73 Å². The number of nitrogen functional groups attached to an aromatic ring is 1. The van der Waals surface area contributed by atoms with Crippen LogP contribution in [0.1, 0.15) is 22.5 Å². The third-order valence-corrected chi connectivity index (χ3v) is 3.94. The lowest BCUT2D eigenvalue weighted by Gasteiger charge is -2.14. The van der Waals surface area contributed by atoms with Crippen molar-refractivity contribution in [1.82, 2.24) is 25.0 Å². The molecule has 0 radical (unpaired) electrons. The van der Waals surface area contributed by atoms with Gasteiger partial charge in [0.25, 0.3) is 0 Å². The van der Waals surface area contributed by atoms with Crippen molar-refractivity contribution < 1.29 is 0 Å². The zero-order valence-electron chi connectivity index (χ0n) is 13.5. The number of nitriles is 1. The summed E-state index contributed by atoms with van der Waals surface area (Å²) in [6, 6.07) is 2.18. The lowest BCUT2D eigenvalue weighted by molar-refractivity contribution is 0.768. The Morgan fingerprint density at radius 2 is 2.00 bits per heavy atom. The van der Waals surface area contributed by atoms with Gasteiger partial charge in [-0.05, 0) is 26.3 Å². The van der Waals surface area contributed by atoms with Gasteiger partial charge in [-0.15, -0.1) is 0 Å². The molecule has 0 aliphatic heterocycles. The summed E-state index contributed by atoms with van der Waals surface area (Å²) in [6.07, 6.45) is 3.61. The maximum Gasteiger partial charge on any atom is 0.142 e. The average molecular weight is 307 g/mol. The smallest absolute Gasteiger partial charge is 0.142 e. The molecule has 0 aliphatic rings. The van der Waals surface area contributed by atoms with E-state index in [0.29, 0.717) is 5.56 Å². The highest BCUT2D eigenvalue weighted by Gasteiger charge is 2.22. The summed E-state index contributed by atoms with van der Waals surface area (Å²) in [5.41, 5.74) is 12.3. The van der Waals surface area contributed by atoms with E-state index in [1.807, 2.05) is 34.0 Å². The highest BCUT2D eigenvalue weighted by molar-refractivity contribution is 5.85. The van der Waals surface area contributed by atoms with Gasteiger partial charge in [0.15, 0.2) is 0 Å². The second kappa shape index (κ2) is 5.25. The maximum absolute atomic E-state index is 9.55. The number of nitrogens with two attached hydrogens (primary N) is 1. The van der Waals surface area contributed by atoms with Crippen LogP contribution in [0, 0.1) is 32.1 Å². The summed E-state index contributed by atoms with van der Waals surface area (Å²) in [5, 5.41) is 20.9. The molecule has 3 heterocycles. The molecule has 116 valence electrons. The molecule has 0 saturated carbocycles. The molecular formula is C16H17N7. The van der Waals surface area contributed by atoms with Crippen molar-refractivity contribution in [3.8, 4) is 28.5 Å². The number of rotatable bonds is 2. The van der Waals surface area contributed by atoms with E-state index in [1.54, 1.807) is 10.9 Å². The number of pyridine rings is 1. The van der Waals surface area contributed by atoms with Gasteiger partial charge in [-0.1, -0.05) is 0 Å². The van der Waals surface area contributed by atoms with Crippen LogP contribution < -0.4 is 5.73 Å². The molecule has 7 heteroatoms. The molecule has 3 N–H and O–H groups in total. The number of aromatic nitrogens is 5. The Kier molecular flexibility index (Phi) is 3.37. The van der Waals surface area contributed by atoms with E-state index in [4.69, 9.17) is 5.73 Å². The van der Waals surface area contributed by atoms with Gasteiger partial charge in [0.1, 0.15) is 17.5 Å². The second-order valence-corrected chi connectivity index (χ2v) is 5.54. The topological polar surface area (TPSA) is 109 Å². The monoisotopic (exact) mass is 307 g/mol. The number of anilines is 1. The molecule has 0 aromatic carbocycles. The first-order chi connectivity index (χ1) is 10.9. The number of hydrogen-bond acceptors (Lipinski definition) is 5. The summed E-state index contributed by atoms with van der Waals surface area (Å²) < 4.78 is 1.71. The highest BCUT2D eigenvalue weighted by atomic mass is 15.2. The minimum absolute atomic E-state index is 0.215. The van der Waals surface area contributed by atoms with Crippen LogP contribution in [0.25, 0.3) is 22.4 Å². The van der Waals surface area contributed by atoms with Gasteiger partial charge >= 0.3 is 0 Å². The Morgan fingerprint density at radius 3 is 2.52 bits per heavy atom. The fourth-order valence-corrected chi connectivity index (χ4v) is 2.86. The third-order valence-electron chi connectivity index (χ3n) is 3.94. The van der Waals surface area contributed by atoms with Crippen molar-refractivity contribution in [3.05, 3.63) is 34.9 Å². The van der Waals surface area contributed by atoms with Crippen molar-refractivity contribution in [2.24, 2.45) is 7.05 Å². The van der Waals surface area contributed by atoms with E-state index in [9.17, 15) is 5.26 Å². The van der Waals surface area contributed by atoms with E-state index >= 15 is 0 Å². The molecule has 3 rings (SSSR count). The molecule has 0 bridgehead atoms. The predicted octanol–water partition coefficient (Wildman–Crippen LogP) is 2.25. The van der Waals surface area contributed by atoms with Gasteiger partial charge in [0, 0.05) is 35.6 Å². The molecular weight excluding hydrogens is 290 g/mol. The Bertz CT molecular complexity index is 921. The molecule has 3 aromatic heterocycles. The summed E-state index contributed by atoms with van der Waals surface area (Å²) in [7, 11) is 1.84. The number of aromatic amines is 1. The van der Waals surface area contributed by atoms with Gasteiger partial charge in [-0.25, -0.2) is 4.98 Å². The molecule has 0 unspecified atom stereocenters. The van der Waals surface area contributed by atoms with E-state index in [1.165, 1.54) is 0 Å². The van der Waals surface area contributed by atoms with Crippen LogP contribution in [-0.4, -0.2) is 25.0 Å². The average Bonchev–Trinajstić information content (AvgIpc) is 3.07. The standard InChI is InChI=1S/C16H17N7/c1-8-13(14-9(2)21-22-10(14)3)12(5-17)16(18)20-15(8)11-6-19-23(4)7-11/h6-7H,1-4H3,(H2,18,20)(H,21,22). The Morgan fingerprint density at radius 1 is 1.26 bits per heavy atom. The fourth-order valence-electron chi connectivity index (χ4n) is 2.86. The van der Waals surface area contributed by atoms with Crippen LogP contribution in [0.5, 0.6) is 0 Å². The number of H-pyrrole nitrogens is 1. The van der Waals surface area contributed by atoms with Gasteiger partial charge in [-0.2, -0.15) is 15.5 Å². The summed E-state index contributed by atoms with van der Waals surface area (Å²) in [5.74, 6) is 0.215. The van der Waals surface area contributed by atoms with E-state index in [-0.39, 0.29) is 5.82 Å². The molecule has 0 atom stereocenters. The maximum atomic E-state index is 9.55. The third kappa shape index (κ3) is 2.25. The molecule has 7 nitrogen and oxygen atoms in total. The molecule has 3 aromatic rings. The Balaban J connectivity index is 2.39. The molecule has 0 fully saturated rings. The van der Waals surface area contributed by atoms with Gasteiger partial charge in [-0.3, -0.25) is 9.78 Å². The zero-order chi connectivity index (χ0) is 16.7. The van der Waals surface area contributed by atoms with Crippen LogP contribution >= 0.6 is 0 Å². The first-order valence-corrected chi connectivity index (χ1v) is 7.15. The molecule has 0 spiro atoms. The van der Waals surface area contributed by atoms with Crippen molar-refractivity contribution in [2.45, 2.75) is 20.8 Å². The summed E-state index contributed by atoms with van der Waals surface area (Å²) >= 11 is 0. The van der Waals surface area contributed by atoms with E-state index < -0.39 is 0 Å². The van der Waals surface area contributed by atoms with Crippen LogP contribution in [0.3, 0.4) is 0 Å². The Hall–Kier alpha value is -3.14.